The van der Waals surface area contributed by atoms with E-state index in [4.69, 9.17) is 4.74 Å². The monoisotopic (exact) mass is 354 g/mol. The van der Waals surface area contributed by atoms with Crippen LogP contribution >= 0.6 is 0 Å². The van der Waals surface area contributed by atoms with Gasteiger partial charge < -0.3 is 15.4 Å². The number of piperidine rings is 1. The smallest absolute Gasteiger partial charge is 0.249 e. The Kier molecular flexibility index (Phi) is 7.32. The molecule has 1 aliphatic heterocycles. The fourth-order valence-electron chi connectivity index (χ4n) is 3.01. The number of carbonyl (C=O) groups is 1. The highest BCUT2D eigenvalue weighted by Gasteiger charge is 2.29. The first-order valence-electron chi connectivity index (χ1n) is 8.96. The van der Waals surface area contributed by atoms with Gasteiger partial charge in [-0.1, -0.05) is 19.9 Å². The largest absolute Gasteiger partial charge is 0.369 e. The van der Waals surface area contributed by atoms with Crippen molar-refractivity contribution in [1.82, 2.24) is 10.6 Å². The molecule has 1 heterocycles. The molecule has 3 unspecified atom stereocenters. The molecule has 1 amide bonds. The van der Waals surface area contributed by atoms with E-state index in [0.717, 1.165) is 25.5 Å². The van der Waals surface area contributed by atoms with E-state index in [1.807, 2.05) is 0 Å². The van der Waals surface area contributed by atoms with Gasteiger partial charge in [-0.3, -0.25) is 4.79 Å². The Morgan fingerprint density at radius 1 is 1.32 bits per heavy atom. The number of hydrogen-bond donors (Lipinski definition) is 2. The van der Waals surface area contributed by atoms with Gasteiger partial charge in [0.25, 0.3) is 0 Å². The molecule has 6 heteroatoms. The molecule has 2 rings (SSSR count). The number of rotatable bonds is 7. The minimum absolute atomic E-state index is 0.0526. The van der Waals surface area contributed by atoms with Gasteiger partial charge in [0.05, 0.1) is 0 Å². The molecular weight excluding hydrogens is 326 g/mol. The van der Waals surface area contributed by atoms with E-state index in [2.05, 4.69) is 24.5 Å². The molecule has 2 N–H and O–H groups in total. The molecule has 1 aromatic rings. The maximum atomic E-state index is 13.6. The van der Waals surface area contributed by atoms with Crippen LogP contribution in [-0.4, -0.2) is 37.7 Å². The van der Waals surface area contributed by atoms with Crippen LogP contribution < -0.4 is 10.6 Å². The predicted octanol–water partition coefficient (Wildman–Crippen LogP) is 2.98. The van der Waals surface area contributed by atoms with Gasteiger partial charge in [-0.15, -0.1) is 0 Å². The van der Waals surface area contributed by atoms with Crippen molar-refractivity contribution < 1.29 is 18.3 Å². The molecule has 25 heavy (non-hydrogen) atoms. The highest BCUT2D eigenvalue weighted by molar-refractivity contribution is 5.80. The number of amides is 1. The maximum Gasteiger partial charge on any atom is 0.249 e. The van der Waals surface area contributed by atoms with Gasteiger partial charge >= 0.3 is 0 Å². The number of carbonyl (C=O) groups excluding carboxylic acids is 1. The van der Waals surface area contributed by atoms with E-state index >= 15 is 0 Å². The van der Waals surface area contributed by atoms with Crippen LogP contribution in [0.25, 0.3) is 0 Å². The number of nitrogens with one attached hydrogen (secondary N) is 2. The Morgan fingerprint density at radius 2 is 2.08 bits per heavy atom. The lowest BCUT2D eigenvalue weighted by Gasteiger charge is -2.34. The molecule has 140 valence electrons. The normalized spacial score (nSPS) is 22.0. The molecule has 0 radical (unpaired) electrons. The SMILES string of the molecule is CC(C)CCOC(C)C(=O)NC1CNCCC1c1ccc(F)c(F)c1. The third-order valence-electron chi connectivity index (χ3n) is 4.61. The van der Waals surface area contributed by atoms with E-state index in [1.165, 1.54) is 6.07 Å². The van der Waals surface area contributed by atoms with Crippen LogP contribution in [0.1, 0.15) is 45.1 Å². The number of halogens is 2. The zero-order chi connectivity index (χ0) is 18.4. The molecule has 1 aromatic carbocycles. The van der Waals surface area contributed by atoms with Crippen LogP contribution in [0.3, 0.4) is 0 Å². The van der Waals surface area contributed by atoms with Gasteiger partial charge in [-0.05, 0) is 49.9 Å². The highest BCUT2D eigenvalue weighted by atomic mass is 19.2. The van der Waals surface area contributed by atoms with Gasteiger partial charge in [0.2, 0.25) is 5.91 Å². The van der Waals surface area contributed by atoms with Crippen LogP contribution in [-0.2, 0) is 9.53 Å². The Morgan fingerprint density at radius 3 is 2.76 bits per heavy atom. The van der Waals surface area contributed by atoms with Crippen LogP contribution in [0, 0.1) is 17.6 Å². The van der Waals surface area contributed by atoms with Crippen LogP contribution in [0.5, 0.6) is 0 Å². The zero-order valence-electron chi connectivity index (χ0n) is 15.1. The summed E-state index contributed by atoms with van der Waals surface area (Å²) < 4.78 is 32.3. The van der Waals surface area contributed by atoms with E-state index < -0.39 is 17.7 Å². The highest BCUT2D eigenvalue weighted by Crippen LogP contribution is 2.27. The minimum Gasteiger partial charge on any atom is -0.369 e. The van der Waals surface area contributed by atoms with Crippen molar-refractivity contribution in [3.8, 4) is 0 Å². The minimum atomic E-state index is -0.856. The summed E-state index contributed by atoms with van der Waals surface area (Å²) in [6, 6.07) is 3.79. The third kappa shape index (κ3) is 5.75. The standard InChI is InChI=1S/C19H28F2N2O2/c1-12(2)7-9-25-13(3)19(24)23-18-11-22-8-6-15(18)14-4-5-16(20)17(21)10-14/h4-5,10,12-13,15,18,22H,6-9,11H2,1-3H3,(H,23,24). The average Bonchev–Trinajstić information content (AvgIpc) is 2.57. The van der Waals surface area contributed by atoms with Gasteiger partial charge in [0.15, 0.2) is 11.6 Å². The lowest BCUT2D eigenvalue weighted by Crippen LogP contribution is -2.52. The second kappa shape index (κ2) is 9.25. The first-order valence-corrected chi connectivity index (χ1v) is 8.96. The Hall–Kier alpha value is -1.53. The van der Waals surface area contributed by atoms with Crippen LogP contribution in [0.2, 0.25) is 0 Å². The molecule has 0 saturated carbocycles. The number of ether oxygens (including phenoxy) is 1. The summed E-state index contributed by atoms with van der Waals surface area (Å²) in [5.41, 5.74) is 0.707. The summed E-state index contributed by atoms with van der Waals surface area (Å²) >= 11 is 0. The van der Waals surface area contributed by atoms with E-state index in [-0.39, 0.29) is 17.9 Å². The molecule has 4 nitrogen and oxygen atoms in total. The van der Waals surface area contributed by atoms with Crippen molar-refractivity contribution in [2.75, 3.05) is 19.7 Å². The summed E-state index contributed by atoms with van der Waals surface area (Å²) in [7, 11) is 0. The van der Waals surface area contributed by atoms with Crippen molar-refractivity contribution >= 4 is 5.91 Å². The summed E-state index contributed by atoms with van der Waals surface area (Å²) in [5.74, 6) is -1.42. The van der Waals surface area contributed by atoms with Gasteiger partial charge in [0, 0.05) is 25.1 Å². The first kappa shape index (κ1) is 19.8. The van der Waals surface area contributed by atoms with Crippen molar-refractivity contribution in [2.45, 2.75) is 51.7 Å². The molecule has 0 bridgehead atoms. The van der Waals surface area contributed by atoms with Gasteiger partial charge in [0.1, 0.15) is 6.10 Å². The predicted molar refractivity (Wildman–Crippen MR) is 93.4 cm³/mol. The zero-order valence-corrected chi connectivity index (χ0v) is 15.1. The van der Waals surface area contributed by atoms with E-state index in [1.54, 1.807) is 13.0 Å². The van der Waals surface area contributed by atoms with Crippen LogP contribution in [0.4, 0.5) is 8.78 Å². The Balaban J connectivity index is 1.97. The number of hydrogen-bond acceptors (Lipinski definition) is 3. The van der Waals surface area contributed by atoms with E-state index in [9.17, 15) is 13.6 Å². The molecule has 0 spiro atoms. The average molecular weight is 354 g/mol. The summed E-state index contributed by atoms with van der Waals surface area (Å²) in [4.78, 5) is 12.4. The Bertz CT molecular complexity index is 581. The van der Waals surface area contributed by atoms with E-state index in [0.29, 0.717) is 24.6 Å². The lowest BCUT2D eigenvalue weighted by molar-refractivity contribution is -0.132. The summed E-state index contributed by atoms with van der Waals surface area (Å²) in [6.45, 7) is 7.85. The summed E-state index contributed by atoms with van der Waals surface area (Å²) in [6.07, 6.45) is 1.12. The summed E-state index contributed by atoms with van der Waals surface area (Å²) in [5, 5.41) is 6.24. The molecule has 0 aliphatic carbocycles. The fraction of sp³-hybridized carbons (Fsp3) is 0.632. The molecule has 1 fully saturated rings. The Labute approximate surface area is 148 Å². The first-order chi connectivity index (χ1) is 11.9. The topological polar surface area (TPSA) is 50.4 Å². The van der Waals surface area contributed by atoms with Crippen molar-refractivity contribution in [3.05, 3.63) is 35.4 Å². The van der Waals surface area contributed by atoms with Crippen molar-refractivity contribution in [1.29, 1.82) is 0 Å². The van der Waals surface area contributed by atoms with Crippen molar-refractivity contribution in [2.24, 2.45) is 5.92 Å². The van der Waals surface area contributed by atoms with Crippen molar-refractivity contribution in [3.63, 3.8) is 0 Å². The molecule has 1 aliphatic rings. The lowest BCUT2D eigenvalue weighted by atomic mass is 9.86. The maximum absolute atomic E-state index is 13.6. The van der Waals surface area contributed by atoms with Gasteiger partial charge in [-0.2, -0.15) is 0 Å². The molecular formula is C19H28F2N2O2. The van der Waals surface area contributed by atoms with Crippen LogP contribution in [0.15, 0.2) is 18.2 Å². The van der Waals surface area contributed by atoms with Gasteiger partial charge in [-0.25, -0.2) is 8.78 Å². The molecule has 0 aromatic heterocycles. The fourth-order valence-corrected chi connectivity index (χ4v) is 3.01. The second-order valence-corrected chi connectivity index (χ2v) is 7.08. The third-order valence-corrected chi connectivity index (χ3v) is 4.61. The number of benzene rings is 1. The second-order valence-electron chi connectivity index (χ2n) is 7.08. The molecule has 3 atom stereocenters. The molecule has 1 saturated heterocycles. The quantitative estimate of drug-likeness (QED) is 0.791.